The molecule has 3 aromatic heterocycles. The standard InChI is InChI=1S/C28H17N3OS2/c1-17(16-29)25-20-10-5-6-11-21(20)26(32)22(25)14-19-15-24-27(31(19)18-8-3-2-4-9-18)30-28(34-24)23-12-7-13-33-23/h2-15H,1H3/b22-14-,25-17-. The Bertz CT molecular complexity index is 1680. The number of para-hydroxylation sites is 1. The zero-order chi connectivity index (χ0) is 23.2. The molecule has 6 rings (SSSR count). The summed E-state index contributed by atoms with van der Waals surface area (Å²) in [7, 11) is 0. The minimum atomic E-state index is -0.0587. The van der Waals surface area contributed by atoms with Gasteiger partial charge in [-0.15, -0.1) is 22.7 Å². The molecule has 34 heavy (non-hydrogen) atoms. The van der Waals surface area contributed by atoms with Gasteiger partial charge in [0.1, 0.15) is 5.01 Å². The Hall–Kier alpha value is -4.05. The molecule has 0 fully saturated rings. The van der Waals surface area contributed by atoms with Crippen molar-refractivity contribution in [1.29, 1.82) is 5.26 Å². The van der Waals surface area contributed by atoms with E-state index >= 15 is 0 Å². The first-order valence-electron chi connectivity index (χ1n) is 10.7. The molecule has 0 bridgehead atoms. The van der Waals surface area contributed by atoms with Crippen molar-refractivity contribution in [3.63, 3.8) is 0 Å². The van der Waals surface area contributed by atoms with Crippen LogP contribution >= 0.6 is 22.7 Å². The van der Waals surface area contributed by atoms with Gasteiger partial charge in [0.15, 0.2) is 11.4 Å². The summed E-state index contributed by atoms with van der Waals surface area (Å²) >= 11 is 3.31. The van der Waals surface area contributed by atoms with Crippen molar-refractivity contribution in [1.82, 2.24) is 9.55 Å². The van der Waals surface area contributed by atoms with E-state index in [1.807, 2.05) is 66.7 Å². The van der Waals surface area contributed by atoms with Crippen LogP contribution in [0.25, 0.3) is 37.6 Å². The van der Waals surface area contributed by atoms with Crippen LogP contribution in [0.2, 0.25) is 0 Å². The van der Waals surface area contributed by atoms with Crippen LogP contribution in [0.5, 0.6) is 0 Å². The van der Waals surface area contributed by atoms with E-state index in [9.17, 15) is 10.1 Å². The molecule has 0 saturated heterocycles. The largest absolute Gasteiger partial charge is 0.294 e. The zero-order valence-electron chi connectivity index (χ0n) is 18.1. The van der Waals surface area contributed by atoms with Gasteiger partial charge in [0, 0.05) is 33.7 Å². The molecule has 1 aliphatic carbocycles. The van der Waals surface area contributed by atoms with E-state index < -0.39 is 0 Å². The molecule has 6 heteroatoms. The quantitative estimate of drug-likeness (QED) is 0.202. The van der Waals surface area contributed by atoms with Crippen molar-refractivity contribution < 1.29 is 4.79 Å². The SMILES string of the molecule is C/C(C#N)=C1/C(=C/c2cc3sc(-c4cccs4)nc3n2-c2ccccc2)C(=O)c2ccccc21. The first-order valence-corrected chi connectivity index (χ1v) is 12.4. The van der Waals surface area contributed by atoms with E-state index in [2.05, 4.69) is 28.1 Å². The minimum absolute atomic E-state index is 0.0587. The second-order valence-corrected chi connectivity index (χ2v) is 9.95. The number of Topliss-reactive ketones (excluding diaryl/α,β-unsaturated/α-hetero) is 1. The van der Waals surface area contributed by atoms with Crippen molar-refractivity contribution in [2.24, 2.45) is 0 Å². The van der Waals surface area contributed by atoms with Crippen LogP contribution in [0.1, 0.15) is 28.5 Å². The number of fused-ring (bicyclic) bond motifs is 2. The topological polar surface area (TPSA) is 58.7 Å². The van der Waals surface area contributed by atoms with Crippen LogP contribution in [0.15, 0.2) is 89.3 Å². The van der Waals surface area contributed by atoms with Crippen LogP contribution in [0.4, 0.5) is 0 Å². The van der Waals surface area contributed by atoms with E-state index in [0.29, 0.717) is 22.3 Å². The second kappa shape index (κ2) is 8.07. The number of nitrogens with zero attached hydrogens (tertiary/aromatic N) is 3. The molecule has 5 aromatic rings. The molecule has 0 unspecified atom stereocenters. The van der Waals surface area contributed by atoms with Gasteiger partial charge in [0.2, 0.25) is 0 Å². The van der Waals surface area contributed by atoms with Crippen LogP contribution in [0.3, 0.4) is 0 Å². The predicted octanol–water partition coefficient (Wildman–Crippen LogP) is 7.39. The Morgan fingerprint density at radius 2 is 1.79 bits per heavy atom. The molecule has 0 atom stereocenters. The molecular formula is C28H17N3OS2. The van der Waals surface area contributed by atoms with Crippen LogP contribution in [0, 0.1) is 11.3 Å². The number of hydrogen-bond donors (Lipinski definition) is 0. The summed E-state index contributed by atoms with van der Waals surface area (Å²) in [6.07, 6.45) is 1.91. The van der Waals surface area contributed by atoms with Crippen molar-refractivity contribution >= 4 is 50.5 Å². The van der Waals surface area contributed by atoms with E-state index in [1.165, 1.54) is 0 Å². The molecule has 0 spiro atoms. The molecule has 4 nitrogen and oxygen atoms in total. The molecule has 0 N–H and O–H groups in total. The number of allylic oxidation sites excluding steroid dienone is 3. The maximum Gasteiger partial charge on any atom is 0.194 e. The monoisotopic (exact) mass is 475 g/mol. The lowest BCUT2D eigenvalue weighted by Gasteiger charge is -2.09. The van der Waals surface area contributed by atoms with E-state index in [-0.39, 0.29) is 5.78 Å². The molecule has 0 radical (unpaired) electrons. The van der Waals surface area contributed by atoms with Crippen LogP contribution < -0.4 is 0 Å². The van der Waals surface area contributed by atoms with Gasteiger partial charge in [0.25, 0.3) is 0 Å². The minimum Gasteiger partial charge on any atom is -0.294 e. The number of thiophene rings is 1. The second-order valence-electron chi connectivity index (χ2n) is 7.97. The summed E-state index contributed by atoms with van der Waals surface area (Å²) in [4.78, 5) is 19.5. The molecule has 3 heterocycles. The van der Waals surface area contributed by atoms with Gasteiger partial charge >= 0.3 is 0 Å². The molecule has 1 aliphatic rings. The highest BCUT2D eigenvalue weighted by Crippen LogP contribution is 2.41. The summed E-state index contributed by atoms with van der Waals surface area (Å²) in [6.45, 7) is 1.77. The number of thiazole rings is 1. The highest BCUT2D eigenvalue weighted by molar-refractivity contribution is 7.25. The number of aromatic nitrogens is 2. The van der Waals surface area contributed by atoms with Crippen LogP contribution in [-0.2, 0) is 0 Å². The van der Waals surface area contributed by atoms with Crippen molar-refractivity contribution in [2.75, 3.05) is 0 Å². The molecule has 0 saturated carbocycles. The number of carbonyl (C=O) groups excluding carboxylic acids is 1. The maximum absolute atomic E-state index is 13.4. The average Bonchev–Trinajstić information content (AvgIpc) is 3.63. The van der Waals surface area contributed by atoms with E-state index in [0.717, 1.165) is 37.2 Å². The van der Waals surface area contributed by atoms with Gasteiger partial charge in [-0.2, -0.15) is 5.26 Å². The Morgan fingerprint density at radius 1 is 1.03 bits per heavy atom. The van der Waals surface area contributed by atoms with Gasteiger partial charge in [-0.05, 0) is 48.2 Å². The highest BCUT2D eigenvalue weighted by Gasteiger charge is 2.31. The fourth-order valence-corrected chi connectivity index (χ4v) is 6.20. The number of rotatable bonds is 3. The molecule has 0 aliphatic heterocycles. The first kappa shape index (κ1) is 20.5. The van der Waals surface area contributed by atoms with Gasteiger partial charge in [-0.3, -0.25) is 9.36 Å². The average molecular weight is 476 g/mol. The first-order chi connectivity index (χ1) is 16.7. The molecule has 2 aromatic carbocycles. The fraction of sp³-hybridized carbons (Fsp3) is 0.0357. The Kier molecular flexibility index (Phi) is 4.88. The van der Waals surface area contributed by atoms with Gasteiger partial charge < -0.3 is 0 Å². The van der Waals surface area contributed by atoms with E-state index in [4.69, 9.17) is 4.98 Å². The lowest BCUT2D eigenvalue weighted by molar-refractivity contribution is 0.104. The Balaban J connectivity index is 1.60. The lowest BCUT2D eigenvalue weighted by Crippen LogP contribution is -2.00. The Labute approximate surface area is 204 Å². The number of ketones is 1. The van der Waals surface area contributed by atoms with Gasteiger partial charge in [-0.1, -0.05) is 48.5 Å². The summed E-state index contributed by atoms with van der Waals surface area (Å²) < 4.78 is 3.13. The fourth-order valence-electron chi connectivity index (χ4n) is 4.41. The third-order valence-electron chi connectivity index (χ3n) is 5.92. The summed E-state index contributed by atoms with van der Waals surface area (Å²) in [5.41, 5.74) is 5.92. The van der Waals surface area contributed by atoms with Gasteiger partial charge in [-0.25, -0.2) is 4.98 Å². The zero-order valence-corrected chi connectivity index (χ0v) is 19.8. The van der Waals surface area contributed by atoms with Gasteiger partial charge in [0.05, 0.1) is 15.6 Å². The third kappa shape index (κ3) is 3.18. The lowest BCUT2D eigenvalue weighted by atomic mass is 9.99. The summed E-state index contributed by atoms with van der Waals surface area (Å²) in [6, 6.07) is 26.0. The van der Waals surface area contributed by atoms with Crippen molar-refractivity contribution in [3.8, 4) is 21.6 Å². The molecule has 162 valence electrons. The molecule has 0 amide bonds. The smallest absolute Gasteiger partial charge is 0.194 e. The van der Waals surface area contributed by atoms with E-state index in [1.54, 1.807) is 29.6 Å². The number of hydrogen-bond acceptors (Lipinski definition) is 5. The van der Waals surface area contributed by atoms with Crippen molar-refractivity contribution in [2.45, 2.75) is 6.92 Å². The Morgan fingerprint density at radius 3 is 2.53 bits per heavy atom. The third-order valence-corrected chi connectivity index (χ3v) is 7.95. The summed E-state index contributed by atoms with van der Waals surface area (Å²) in [5.74, 6) is -0.0587. The molecular weight excluding hydrogens is 458 g/mol. The normalized spacial score (nSPS) is 15.6. The summed E-state index contributed by atoms with van der Waals surface area (Å²) in [5, 5.41) is 12.7. The predicted molar refractivity (Wildman–Crippen MR) is 139 cm³/mol. The highest BCUT2D eigenvalue weighted by atomic mass is 32.1. The van der Waals surface area contributed by atoms with Crippen molar-refractivity contribution in [3.05, 3.63) is 106 Å². The number of nitriles is 1. The maximum atomic E-state index is 13.4. The number of benzene rings is 2. The number of carbonyl (C=O) groups is 1. The van der Waals surface area contributed by atoms with Crippen LogP contribution in [-0.4, -0.2) is 15.3 Å².